The SMILES string of the molecule is CC[C@@H](C(=O)NC(C)(C)C)N(Cc1ccccc1Cl)C(=O)CN(c1ccc(C(C)C)cc1)S(=O)(=O)c1ccccc1. The second-order valence-electron chi connectivity index (χ2n) is 11.3. The molecule has 7 nitrogen and oxygen atoms in total. The Bertz CT molecular complexity index is 1440. The number of carbonyl (C=O) groups excluding carboxylic acids is 2. The summed E-state index contributed by atoms with van der Waals surface area (Å²) in [4.78, 5) is 29.1. The van der Waals surface area contributed by atoms with E-state index in [0.717, 1.165) is 9.87 Å². The summed E-state index contributed by atoms with van der Waals surface area (Å²) in [5, 5.41) is 3.42. The molecule has 3 aromatic rings. The van der Waals surface area contributed by atoms with Gasteiger partial charge >= 0.3 is 0 Å². The molecule has 0 aliphatic rings. The monoisotopic (exact) mass is 597 g/mol. The van der Waals surface area contributed by atoms with Crippen LogP contribution in [0.4, 0.5) is 5.69 Å². The zero-order valence-corrected chi connectivity index (χ0v) is 26.2. The van der Waals surface area contributed by atoms with Crippen molar-refractivity contribution in [3.63, 3.8) is 0 Å². The van der Waals surface area contributed by atoms with Crippen LogP contribution in [0.2, 0.25) is 5.02 Å². The molecule has 0 radical (unpaired) electrons. The molecule has 2 amide bonds. The standard InChI is InChI=1S/C32H40ClN3O4S/c1-7-29(31(38)34-32(4,5)6)35(21-25-13-11-12-16-28(25)33)30(37)22-36(26-19-17-24(18-20-26)23(2)3)41(39,40)27-14-9-8-10-15-27/h8-20,23,29H,7,21-22H2,1-6H3,(H,34,38)/t29-/m0/s1. The maximum Gasteiger partial charge on any atom is 0.264 e. The minimum absolute atomic E-state index is 0.0418. The van der Waals surface area contributed by atoms with Crippen molar-refractivity contribution in [3.8, 4) is 0 Å². The van der Waals surface area contributed by atoms with Gasteiger partial charge in [-0.2, -0.15) is 0 Å². The van der Waals surface area contributed by atoms with Crippen molar-refractivity contribution in [2.75, 3.05) is 10.8 Å². The number of rotatable bonds is 11. The summed E-state index contributed by atoms with van der Waals surface area (Å²) in [7, 11) is -4.12. The molecule has 0 fully saturated rings. The molecule has 0 saturated heterocycles. The molecule has 0 aromatic heterocycles. The fourth-order valence-corrected chi connectivity index (χ4v) is 6.09. The smallest absolute Gasteiger partial charge is 0.264 e. The largest absolute Gasteiger partial charge is 0.350 e. The summed E-state index contributed by atoms with van der Waals surface area (Å²) < 4.78 is 29.0. The van der Waals surface area contributed by atoms with Gasteiger partial charge in [0, 0.05) is 17.1 Å². The molecule has 0 spiro atoms. The summed E-state index contributed by atoms with van der Waals surface area (Å²) in [6.45, 7) is 11.1. The highest BCUT2D eigenvalue weighted by Crippen LogP contribution is 2.27. The first-order valence-electron chi connectivity index (χ1n) is 13.8. The average molecular weight is 598 g/mol. The van der Waals surface area contributed by atoms with E-state index in [1.807, 2.05) is 45.9 Å². The van der Waals surface area contributed by atoms with E-state index in [1.54, 1.807) is 48.5 Å². The second kappa shape index (κ2) is 13.5. The van der Waals surface area contributed by atoms with E-state index in [-0.39, 0.29) is 23.3 Å². The first kappa shape index (κ1) is 32.2. The van der Waals surface area contributed by atoms with Crippen LogP contribution in [0.15, 0.2) is 83.8 Å². The van der Waals surface area contributed by atoms with Crippen LogP contribution in [0.5, 0.6) is 0 Å². The lowest BCUT2D eigenvalue weighted by atomic mass is 10.0. The predicted octanol–water partition coefficient (Wildman–Crippen LogP) is 6.38. The highest BCUT2D eigenvalue weighted by Gasteiger charge is 2.34. The van der Waals surface area contributed by atoms with Gasteiger partial charge in [-0.15, -0.1) is 0 Å². The van der Waals surface area contributed by atoms with Gasteiger partial charge in [0.2, 0.25) is 11.8 Å². The quantitative estimate of drug-likeness (QED) is 0.278. The average Bonchev–Trinajstić information content (AvgIpc) is 2.92. The third kappa shape index (κ3) is 8.33. The highest BCUT2D eigenvalue weighted by atomic mass is 35.5. The number of amides is 2. The van der Waals surface area contributed by atoms with Crippen LogP contribution in [0.3, 0.4) is 0 Å². The van der Waals surface area contributed by atoms with Crippen molar-refractivity contribution in [2.45, 2.75) is 76.9 Å². The number of nitrogens with zero attached hydrogens (tertiary/aromatic N) is 2. The Morgan fingerprint density at radius 2 is 1.49 bits per heavy atom. The number of carbonyl (C=O) groups is 2. The molecule has 0 aliphatic carbocycles. The molecule has 3 rings (SSSR count). The van der Waals surface area contributed by atoms with Gasteiger partial charge in [0.05, 0.1) is 10.6 Å². The molecule has 0 heterocycles. The molecular weight excluding hydrogens is 558 g/mol. The molecule has 3 aromatic carbocycles. The van der Waals surface area contributed by atoms with E-state index in [4.69, 9.17) is 11.6 Å². The molecule has 0 aliphatic heterocycles. The Morgan fingerprint density at radius 1 is 0.902 bits per heavy atom. The fourth-order valence-electron chi connectivity index (χ4n) is 4.46. The molecule has 0 bridgehead atoms. The van der Waals surface area contributed by atoms with Gasteiger partial charge in [-0.05, 0) is 74.6 Å². The minimum atomic E-state index is -4.12. The van der Waals surface area contributed by atoms with Crippen molar-refractivity contribution in [3.05, 3.63) is 95.0 Å². The first-order chi connectivity index (χ1) is 19.2. The number of benzene rings is 3. The topological polar surface area (TPSA) is 86.8 Å². The Labute approximate surface area is 249 Å². The third-order valence-corrected chi connectivity index (χ3v) is 8.80. The zero-order valence-electron chi connectivity index (χ0n) is 24.6. The van der Waals surface area contributed by atoms with Crippen LogP contribution in [0, 0.1) is 0 Å². The lowest BCUT2D eigenvalue weighted by molar-refractivity contribution is -0.141. The number of sulfonamides is 1. The number of hydrogen-bond acceptors (Lipinski definition) is 4. The maximum atomic E-state index is 14.2. The zero-order chi connectivity index (χ0) is 30.4. The van der Waals surface area contributed by atoms with Crippen LogP contribution in [0.25, 0.3) is 0 Å². The molecule has 9 heteroatoms. The predicted molar refractivity (Wildman–Crippen MR) is 165 cm³/mol. The van der Waals surface area contributed by atoms with E-state index in [2.05, 4.69) is 19.2 Å². The Morgan fingerprint density at radius 3 is 2.02 bits per heavy atom. The van der Waals surface area contributed by atoms with E-state index in [1.165, 1.54) is 17.0 Å². The summed E-state index contributed by atoms with van der Waals surface area (Å²) >= 11 is 6.46. The van der Waals surface area contributed by atoms with E-state index >= 15 is 0 Å². The van der Waals surface area contributed by atoms with Gasteiger partial charge in [-0.25, -0.2) is 8.42 Å². The summed E-state index contributed by atoms with van der Waals surface area (Å²) in [5.41, 5.74) is 1.53. The van der Waals surface area contributed by atoms with Gasteiger partial charge in [-0.3, -0.25) is 13.9 Å². The minimum Gasteiger partial charge on any atom is -0.350 e. The Kier molecular flexibility index (Phi) is 10.6. The molecular formula is C32H40ClN3O4S. The lowest BCUT2D eigenvalue weighted by Gasteiger charge is -2.35. The lowest BCUT2D eigenvalue weighted by Crippen LogP contribution is -2.55. The van der Waals surface area contributed by atoms with E-state index in [9.17, 15) is 18.0 Å². The van der Waals surface area contributed by atoms with Crippen molar-refractivity contribution in [1.82, 2.24) is 10.2 Å². The fraction of sp³-hybridized carbons (Fsp3) is 0.375. The van der Waals surface area contributed by atoms with Crippen LogP contribution in [-0.2, 0) is 26.2 Å². The second-order valence-corrected chi connectivity index (χ2v) is 13.6. The number of nitrogens with one attached hydrogen (secondary N) is 1. The Hall–Kier alpha value is -3.36. The van der Waals surface area contributed by atoms with Crippen LogP contribution >= 0.6 is 11.6 Å². The van der Waals surface area contributed by atoms with Crippen molar-refractivity contribution in [1.29, 1.82) is 0 Å². The van der Waals surface area contributed by atoms with Gasteiger partial charge in [0.25, 0.3) is 10.0 Å². The summed E-state index contributed by atoms with van der Waals surface area (Å²) in [6.07, 6.45) is 0.326. The Balaban J connectivity index is 2.08. The number of halogens is 1. The summed E-state index contributed by atoms with van der Waals surface area (Å²) in [5.74, 6) is -0.588. The van der Waals surface area contributed by atoms with Gasteiger partial charge in [-0.1, -0.05) is 80.9 Å². The van der Waals surface area contributed by atoms with Crippen LogP contribution in [0.1, 0.15) is 65.0 Å². The third-order valence-electron chi connectivity index (χ3n) is 6.64. The first-order valence-corrected chi connectivity index (χ1v) is 15.6. The van der Waals surface area contributed by atoms with Gasteiger partial charge in [0.1, 0.15) is 12.6 Å². The van der Waals surface area contributed by atoms with Crippen molar-refractivity contribution in [2.24, 2.45) is 0 Å². The van der Waals surface area contributed by atoms with Crippen LogP contribution < -0.4 is 9.62 Å². The maximum absolute atomic E-state index is 14.2. The summed E-state index contributed by atoms with van der Waals surface area (Å²) in [6, 6.07) is 21.4. The molecule has 41 heavy (non-hydrogen) atoms. The van der Waals surface area contributed by atoms with Crippen molar-refractivity contribution >= 4 is 39.1 Å². The number of anilines is 1. The highest BCUT2D eigenvalue weighted by molar-refractivity contribution is 7.92. The molecule has 0 unspecified atom stereocenters. The molecule has 1 atom stereocenters. The van der Waals surface area contributed by atoms with E-state index < -0.39 is 34.1 Å². The molecule has 0 saturated carbocycles. The number of hydrogen-bond donors (Lipinski definition) is 1. The van der Waals surface area contributed by atoms with Gasteiger partial charge in [0.15, 0.2) is 0 Å². The van der Waals surface area contributed by atoms with Crippen molar-refractivity contribution < 1.29 is 18.0 Å². The molecule has 220 valence electrons. The normalized spacial score (nSPS) is 12.6. The van der Waals surface area contributed by atoms with E-state index in [0.29, 0.717) is 22.7 Å². The van der Waals surface area contributed by atoms with Crippen LogP contribution in [-0.4, -0.2) is 43.3 Å². The van der Waals surface area contributed by atoms with Gasteiger partial charge < -0.3 is 10.2 Å². The molecule has 1 N–H and O–H groups in total.